The Morgan fingerprint density at radius 2 is 1.88 bits per heavy atom. The lowest BCUT2D eigenvalue weighted by molar-refractivity contribution is -0.116. The van der Waals surface area contributed by atoms with E-state index < -0.39 is 0 Å². The molecule has 1 heterocycles. The van der Waals surface area contributed by atoms with E-state index in [0.717, 1.165) is 11.1 Å². The van der Waals surface area contributed by atoms with Gasteiger partial charge in [0.05, 0.1) is 0 Å². The first-order valence-corrected chi connectivity index (χ1v) is 8.30. The molecule has 0 fully saturated rings. The number of carbonyl (C=O) groups is 2. The van der Waals surface area contributed by atoms with Crippen molar-refractivity contribution in [2.75, 3.05) is 11.9 Å². The zero-order chi connectivity index (χ0) is 18.2. The highest BCUT2D eigenvalue weighted by atomic mass is 16.5. The van der Waals surface area contributed by atoms with Crippen molar-refractivity contribution >= 4 is 17.4 Å². The highest BCUT2D eigenvalue weighted by molar-refractivity contribution is 6.01. The number of carbonyl (C=O) groups excluding carboxylic acids is 2. The second kappa shape index (κ2) is 8.99. The molecule has 0 aliphatic carbocycles. The Balaban J connectivity index is 0.000000701. The number of ether oxygens (including phenoxy) is 1. The van der Waals surface area contributed by atoms with E-state index in [1.54, 1.807) is 19.1 Å². The van der Waals surface area contributed by atoms with Crippen molar-refractivity contribution in [2.45, 2.75) is 33.3 Å². The van der Waals surface area contributed by atoms with Gasteiger partial charge in [0.15, 0.2) is 5.78 Å². The lowest BCUT2D eigenvalue weighted by Gasteiger charge is -2.20. The van der Waals surface area contributed by atoms with E-state index in [1.165, 1.54) is 6.92 Å². The van der Waals surface area contributed by atoms with Crippen LogP contribution in [0.1, 0.15) is 41.8 Å². The van der Waals surface area contributed by atoms with Crippen molar-refractivity contribution in [2.24, 2.45) is 0 Å². The fourth-order valence-corrected chi connectivity index (χ4v) is 2.62. The van der Waals surface area contributed by atoms with Crippen LogP contribution in [0.2, 0.25) is 0 Å². The van der Waals surface area contributed by atoms with Crippen LogP contribution in [-0.2, 0) is 17.8 Å². The maximum Gasteiger partial charge on any atom is 0.224 e. The molecule has 5 nitrogen and oxygen atoms in total. The second-order valence-electron chi connectivity index (χ2n) is 5.69. The van der Waals surface area contributed by atoms with E-state index >= 15 is 0 Å². The normalized spacial score (nSPS) is 12.4. The smallest absolute Gasteiger partial charge is 0.224 e. The Labute approximate surface area is 147 Å². The van der Waals surface area contributed by atoms with Crippen LogP contribution in [0.5, 0.6) is 5.75 Å². The Bertz CT molecular complexity index is 741. The van der Waals surface area contributed by atoms with E-state index in [1.807, 2.05) is 30.3 Å². The van der Waals surface area contributed by atoms with Crippen LogP contribution in [0, 0.1) is 0 Å². The number of Topliss-reactive ketones (excluding diaryl/α,β-unsaturated/α-hetero) is 1. The molecule has 2 N–H and O–H groups in total. The number of benzene rings is 2. The molecule has 5 heteroatoms. The fourth-order valence-electron chi connectivity index (χ4n) is 2.62. The maximum atomic E-state index is 11.9. The number of hydrogen-bond acceptors (Lipinski definition) is 4. The molecule has 3 rings (SSSR count). The van der Waals surface area contributed by atoms with Gasteiger partial charge in [-0.3, -0.25) is 9.59 Å². The minimum atomic E-state index is -0.0257. The van der Waals surface area contributed by atoms with Gasteiger partial charge in [0.1, 0.15) is 12.4 Å². The van der Waals surface area contributed by atoms with Crippen molar-refractivity contribution in [1.82, 2.24) is 0 Å². The molecule has 0 spiro atoms. The summed E-state index contributed by atoms with van der Waals surface area (Å²) >= 11 is 0. The molecule has 1 aliphatic heterocycles. The highest BCUT2D eigenvalue weighted by Crippen LogP contribution is 2.31. The molecule has 1 amide bonds. The third-order valence-electron chi connectivity index (χ3n) is 3.73. The van der Waals surface area contributed by atoms with E-state index in [2.05, 4.69) is 5.32 Å². The minimum Gasteiger partial charge on any atom is -0.489 e. The molecule has 0 saturated carbocycles. The Morgan fingerprint density at radius 3 is 2.52 bits per heavy atom. The van der Waals surface area contributed by atoms with Crippen molar-refractivity contribution < 1.29 is 19.4 Å². The summed E-state index contributed by atoms with van der Waals surface area (Å²) in [5.74, 6) is 0.551. The van der Waals surface area contributed by atoms with Crippen molar-refractivity contribution in [3.05, 3.63) is 59.2 Å². The first-order chi connectivity index (χ1) is 12.0. The third-order valence-corrected chi connectivity index (χ3v) is 3.73. The number of anilines is 1. The quantitative estimate of drug-likeness (QED) is 0.836. The van der Waals surface area contributed by atoms with E-state index in [9.17, 15) is 9.59 Å². The largest absolute Gasteiger partial charge is 0.489 e. The minimum absolute atomic E-state index is 0.0161. The van der Waals surface area contributed by atoms with Crippen LogP contribution in [0.3, 0.4) is 0 Å². The molecule has 0 atom stereocenters. The lowest BCUT2D eigenvalue weighted by atomic mass is 9.95. The topological polar surface area (TPSA) is 75.6 Å². The van der Waals surface area contributed by atoms with Crippen LogP contribution < -0.4 is 10.1 Å². The zero-order valence-electron chi connectivity index (χ0n) is 14.5. The van der Waals surface area contributed by atoms with Crippen molar-refractivity contribution in [3.63, 3.8) is 0 Å². The molecule has 0 bridgehead atoms. The van der Waals surface area contributed by atoms with Crippen molar-refractivity contribution in [1.29, 1.82) is 0 Å². The molecule has 2 aromatic carbocycles. The van der Waals surface area contributed by atoms with Crippen LogP contribution in [0.4, 0.5) is 5.69 Å². The van der Waals surface area contributed by atoms with Gasteiger partial charge in [-0.1, -0.05) is 30.3 Å². The monoisotopic (exact) mass is 341 g/mol. The summed E-state index contributed by atoms with van der Waals surface area (Å²) in [6.07, 6.45) is 1.01. The lowest BCUT2D eigenvalue weighted by Crippen LogP contribution is -2.21. The van der Waals surface area contributed by atoms with Gasteiger partial charge in [-0.15, -0.1) is 0 Å². The average Bonchev–Trinajstić information content (AvgIpc) is 2.60. The van der Waals surface area contributed by atoms with E-state index in [0.29, 0.717) is 36.4 Å². The van der Waals surface area contributed by atoms with Crippen LogP contribution in [0.15, 0.2) is 42.5 Å². The molecule has 0 unspecified atom stereocenters. The SMILES string of the molecule is CC(=O)c1cc(OCc2ccccc2)cc2c1CCC(=O)N2.CCO. The maximum absolute atomic E-state index is 11.9. The number of rotatable bonds is 4. The first-order valence-electron chi connectivity index (χ1n) is 8.30. The van der Waals surface area contributed by atoms with Gasteiger partial charge in [0.2, 0.25) is 5.91 Å². The highest BCUT2D eigenvalue weighted by Gasteiger charge is 2.21. The van der Waals surface area contributed by atoms with Gasteiger partial charge in [-0.25, -0.2) is 0 Å². The molecule has 1 aliphatic rings. The van der Waals surface area contributed by atoms with Gasteiger partial charge in [0.25, 0.3) is 0 Å². The number of fused-ring (bicyclic) bond motifs is 1. The summed E-state index contributed by atoms with van der Waals surface area (Å²) in [5, 5.41) is 10.4. The second-order valence-corrected chi connectivity index (χ2v) is 5.69. The fraction of sp³-hybridized carbons (Fsp3) is 0.300. The average molecular weight is 341 g/mol. The molecule has 132 valence electrons. The number of aliphatic hydroxyl groups excluding tert-OH is 1. The molecule has 0 saturated heterocycles. The number of aliphatic hydroxyl groups is 1. The summed E-state index contributed by atoms with van der Waals surface area (Å²) in [6, 6.07) is 13.4. The van der Waals surface area contributed by atoms with Crippen LogP contribution in [0.25, 0.3) is 0 Å². The zero-order valence-corrected chi connectivity index (χ0v) is 14.5. The summed E-state index contributed by atoms with van der Waals surface area (Å²) in [7, 11) is 0. The van der Waals surface area contributed by atoms with Gasteiger partial charge < -0.3 is 15.2 Å². The number of hydrogen-bond donors (Lipinski definition) is 2. The van der Waals surface area contributed by atoms with Crippen LogP contribution >= 0.6 is 0 Å². The Hall–Kier alpha value is -2.66. The molecular formula is C20H23NO4. The van der Waals surface area contributed by atoms with Gasteiger partial charge in [-0.05, 0) is 37.5 Å². The number of ketones is 1. The van der Waals surface area contributed by atoms with Gasteiger partial charge >= 0.3 is 0 Å². The van der Waals surface area contributed by atoms with Crippen molar-refractivity contribution in [3.8, 4) is 5.75 Å². The molecule has 25 heavy (non-hydrogen) atoms. The third kappa shape index (κ3) is 5.16. The summed E-state index contributed by atoms with van der Waals surface area (Å²) in [4.78, 5) is 23.4. The molecule has 2 aromatic rings. The number of amides is 1. The van der Waals surface area contributed by atoms with E-state index in [-0.39, 0.29) is 18.3 Å². The Morgan fingerprint density at radius 1 is 1.20 bits per heavy atom. The summed E-state index contributed by atoms with van der Waals surface area (Å²) in [5.41, 5.74) is 3.26. The Kier molecular flexibility index (Phi) is 6.71. The summed E-state index contributed by atoms with van der Waals surface area (Å²) in [6.45, 7) is 3.89. The van der Waals surface area contributed by atoms with Gasteiger partial charge in [0, 0.05) is 30.3 Å². The predicted octanol–water partition coefficient (Wildman–Crippen LogP) is 3.35. The molecule has 0 aromatic heterocycles. The number of nitrogens with one attached hydrogen (secondary N) is 1. The first kappa shape index (κ1) is 18.7. The van der Waals surface area contributed by atoms with Gasteiger partial charge in [-0.2, -0.15) is 0 Å². The predicted molar refractivity (Wildman–Crippen MR) is 96.9 cm³/mol. The molecular weight excluding hydrogens is 318 g/mol. The molecule has 0 radical (unpaired) electrons. The van der Waals surface area contributed by atoms with E-state index in [4.69, 9.17) is 9.84 Å². The standard InChI is InChI=1S/C18H17NO3.C2H6O/c1-12(20)16-9-14(22-11-13-5-3-2-4-6-13)10-17-15(16)7-8-18(21)19-17;1-2-3/h2-6,9-10H,7-8,11H2,1H3,(H,19,21);3H,2H2,1H3. The van der Waals surface area contributed by atoms with Crippen LogP contribution in [-0.4, -0.2) is 23.4 Å². The summed E-state index contributed by atoms with van der Waals surface area (Å²) < 4.78 is 5.78.